The molecule has 0 aromatic carbocycles. The maximum atomic E-state index is 12.2. The summed E-state index contributed by atoms with van der Waals surface area (Å²) < 4.78 is 2.14. The molecule has 0 bridgehead atoms. The van der Waals surface area contributed by atoms with Crippen molar-refractivity contribution in [3.05, 3.63) is 44.2 Å². The van der Waals surface area contributed by atoms with E-state index >= 15 is 0 Å². The molecule has 3 aromatic rings. The molecule has 0 atom stereocenters. The normalized spacial score (nSPS) is 11.0. The zero-order valence-electron chi connectivity index (χ0n) is 11.7. The predicted octanol–water partition coefficient (Wildman–Crippen LogP) is 2.47. The molecule has 3 aromatic heterocycles. The molecular weight excluding hydrogens is 338 g/mol. The summed E-state index contributed by atoms with van der Waals surface area (Å²) in [6.45, 7) is 0.535. The molecule has 3 heterocycles. The summed E-state index contributed by atoms with van der Waals surface area (Å²) in [6, 6.07) is 5.76. The molecule has 0 fully saturated rings. The summed E-state index contributed by atoms with van der Waals surface area (Å²) in [7, 11) is 1.68. The average molecular weight is 351 g/mol. The van der Waals surface area contributed by atoms with Crippen LogP contribution in [0.25, 0.3) is 10.2 Å². The van der Waals surface area contributed by atoms with E-state index < -0.39 is 0 Å². The van der Waals surface area contributed by atoms with Gasteiger partial charge in [0.15, 0.2) is 5.16 Å². The third-order valence-corrected chi connectivity index (χ3v) is 5.82. The maximum absolute atomic E-state index is 12.2. The first-order valence-electron chi connectivity index (χ1n) is 6.51. The minimum absolute atomic E-state index is 0.0681. The van der Waals surface area contributed by atoms with Gasteiger partial charge in [-0.2, -0.15) is 0 Å². The highest BCUT2D eigenvalue weighted by molar-refractivity contribution is 7.99. The molecule has 0 unspecified atom stereocenters. The predicted molar refractivity (Wildman–Crippen MR) is 91.8 cm³/mol. The molecule has 0 aliphatic heterocycles. The van der Waals surface area contributed by atoms with Crippen molar-refractivity contribution in [1.29, 1.82) is 0 Å². The Morgan fingerprint density at radius 1 is 1.36 bits per heavy atom. The van der Waals surface area contributed by atoms with Crippen molar-refractivity contribution in [2.75, 3.05) is 5.75 Å². The minimum atomic E-state index is -0.0712. The second-order valence-corrected chi connectivity index (χ2v) is 7.43. The Hall–Kier alpha value is -1.64. The van der Waals surface area contributed by atoms with Crippen LogP contribution in [0.3, 0.4) is 0 Å². The van der Waals surface area contributed by atoms with E-state index in [1.807, 2.05) is 29.0 Å². The lowest BCUT2D eigenvalue weighted by molar-refractivity contribution is -0.118. The number of hydrogen-bond acceptors (Lipinski definition) is 6. The molecule has 5 nitrogen and oxygen atoms in total. The Labute approximate surface area is 139 Å². The number of hydrogen-bond donors (Lipinski definition) is 1. The lowest BCUT2D eigenvalue weighted by Crippen LogP contribution is -2.25. The molecule has 1 amide bonds. The van der Waals surface area contributed by atoms with E-state index in [0.717, 1.165) is 4.88 Å². The van der Waals surface area contributed by atoms with Crippen molar-refractivity contribution in [2.45, 2.75) is 11.7 Å². The number of carbonyl (C=O) groups is 1. The molecule has 0 radical (unpaired) electrons. The van der Waals surface area contributed by atoms with Gasteiger partial charge in [-0.25, -0.2) is 4.98 Å². The number of aromatic nitrogens is 2. The second-order valence-electron chi connectivity index (χ2n) is 4.54. The van der Waals surface area contributed by atoms with Crippen molar-refractivity contribution >= 4 is 50.6 Å². The largest absolute Gasteiger partial charge is 0.350 e. The van der Waals surface area contributed by atoms with Gasteiger partial charge in [-0.05, 0) is 22.9 Å². The topological polar surface area (TPSA) is 64.0 Å². The molecule has 8 heteroatoms. The highest BCUT2D eigenvalue weighted by atomic mass is 32.2. The molecule has 0 saturated carbocycles. The summed E-state index contributed by atoms with van der Waals surface area (Å²) >= 11 is 4.27. The van der Waals surface area contributed by atoms with Crippen molar-refractivity contribution in [3.8, 4) is 0 Å². The van der Waals surface area contributed by atoms with Crippen LogP contribution >= 0.6 is 34.4 Å². The third-order valence-electron chi connectivity index (χ3n) is 3.02. The fourth-order valence-electron chi connectivity index (χ4n) is 1.88. The van der Waals surface area contributed by atoms with Crippen LogP contribution in [0.5, 0.6) is 0 Å². The first kappa shape index (κ1) is 15.3. The van der Waals surface area contributed by atoms with Crippen LogP contribution in [0.2, 0.25) is 0 Å². The molecule has 3 rings (SSSR count). The van der Waals surface area contributed by atoms with Gasteiger partial charge < -0.3 is 5.32 Å². The number of fused-ring (bicyclic) bond motifs is 1. The summed E-state index contributed by atoms with van der Waals surface area (Å²) in [4.78, 5) is 29.6. The number of rotatable bonds is 5. The Kier molecular flexibility index (Phi) is 4.60. The van der Waals surface area contributed by atoms with Crippen molar-refractivity contribution in [1.82, 2.24) is 14.9 Å². The summed E-state index contributed by atoms with van der Waals surface area (Å²) in [6.07, 6.45) is 0. The molecule has 114 valence electrons. The molecule has 0 aliphatic carbocycles. The van der Waals surface area contributed by atoms with E-state index in [-0.39, 0.29) is 17.2 Å². The van der Waals surface area contributed by atoms with Gasteiger partial charge in [0.2, 0.25) is 5.91 Å². The van der Waals surface area contributed by atoms with Gasteiger partial charge >= 0.3 is 0 Å². The van der Waals surface area contributed by atoms with Gasteiger partial charge in [-0.3, -0.25) is 14.2 Å². The summed E-state index contributed by atoms with van der Waals surface area (Å²) in [5, 5.41) is 7.24. The van der Waals surface area contributed by atoms with Crippen LogP contribution < -0.4 is 10.9 Å². The number of thioether (sulfide) groups is 1. The Balaban J connectivity index is 1.64. The van der Waals surface area contributed by atoms with Gasteiger partial charge in [0.1, 0.15) is 4.70 Å². The van der Waals surface area contributed by atoms with Crippen molar-refractivity contribution < 1.29 is 4.79 Å². The third kappa shape index (κ3) is 3.23. The highest BCUT2D eigenvalue weighted by Crippen LogP contribution is 2.20. The number of carbonyl (C=O) groups excluding carboxylic acids is 1. The maximum Gasteiger partial charge on any atom is 0.271 e. The molecule has 0 saturated heterocycles. The molecule has 0 spiro atoms. The first-order valence-corrected chi connectivity index (χ1v) is 9.26. The van der Waals surface area contributed by atoms with E-state index in [4.69, 9.17) is 0 Å². The Bertz CT molecular complexity index is 852. The van der Waals surface area contributed by atoms with Gasteiger partial charge in [-0.1, -0.05) is 17.8 Å². The smallest absolute Gasteiger partial charge is 0.271 e. The van der Waals surface area contributed by atoms with Gasteiger partial charge in [-0.15, -0.1) is 22.7 Å². The van der Waals surface area contributed by atoms with Crippen LogP contribution in [0, 0.1) is 0 Å². The number of thiophene rings is 2. The van der Waals surface area contributed by atoms with Crippen LogP contribution in [-0.4, -0.2) is 21.2 Å². The highest BCUT2D eigenvalue weighted by Gasteiger charge is 2.11. The standard InChI is InChI=1S/C14H13N3O2S3/c1-17-13(19)12-10(4-6-21-12)16-14(17)22-8-11(18)15-7-9-3-2-5-20-9/h2-6H,7-8H2,1H3,(H,15,18). The van der Waals surface area contributed by atoms with Crippen molar-refractivity contribution in [3.63, 3.8) is 0 Å². The van der Waals surface area contributed by atoms with E-state index in [1.165, 1.54) is 27.7 Å². The molecule has 22 heavy (non-hydrogen) atoms. The minimum Gasteiger partial charge on any atom is -0.350 e. The van der Waals surface area contributed by atoms with Gasteiger partial charge in [0.05, 0.1) is 17.8 Å². The Morgan fingerprint density at radius 3 is 3.00 bits per heavy atom. The van der Waals surface area contributed by atoms with E-state index in [1.54, 1.807) is 18.4 Å². The number of amides is 1. The lowest BCUT2D eigenvalue weighted by Gasteiger charge is -2.07. The summed E-state index contributed by atoms with van der Waals surface area (Å²) in [5.41, 5.74) is 0.621. The summed E-state index contributed by atoms with van der Waals surface area (Å²) in [5.74, 6) is 0.166. The van der Waals surface area contributed by atoms with Crippen molar-refractivity contribution in [2.24, 2.45) is 7.05 Å². The van der Waals surface area contributed by atoms with Gasteiger partial charge in [0.25, 0.3) is 5.56 Å². The fourth-order valence-corrected chi connectivity index (χ4v) is 4.13. The average Bonchev–Trinajstić information content (AvgIpc) is 3.18. The lowest BCUT2D eigenvalue weighted by atomic mass is 10.4. The quantitative estimate of drug-likeness (QED) is 0.566. The van der Waals surface area contributed by atoms with E-state index in [0.29, 0.717) is 21.9 Å². The van der Waals surface area contributed by atoms with E-state index in [9.17, 15) is 9.59 Å². The number of nitrogens with zero attached hydrogens (tertiary/aromatic N) is 2. The number of nitrogens with one attached hydrogen (secondary N) is 1. The second kappa shape index (κ2) is 6.64. The van der Waals surface area contributed by atoms with E-state index in [2.05, 4.69) is 10.3 Å². The zero-order chi connectivity index (χ0) is 15.5. The molecular formula is C14H13N3O2S3. The monoisotopic (exact) mass is 351 g/mol. The fraction of sp³-hybridized carbons (Fsp3) is 0.214. The van der Waals surface area contributed by atoms with Crippen LogP contribution in [0.4, 0.5) is 0 Å². The van der Waals surface area contributed by atoms with Crippen LogP contribution in [0.15, 0.2) is 38.9 Å². The zero-order valence-corrected chi connectivity index (χ0v) is 14.2. The molecule has 1 N–H and O–H groups in total. The molecule has 0 aliphatic rings. The van der Waals surface area contributed by atoms with Crippen LogP contribution in [0.1, 0.15) is 4.88 Å². The Morgan fingerprint density at radius 2 is 2.23 bits per heavy atom. The SMILES string of the molecule is Cn1c(SCC(=O)NCc2cccs2)nc2ccsc2c1=O. The van der Waals surface area contributed by atoms with Crippen LogP contribution in [-0.2, 0) is 18.4 Å². The first-order chi connectivity index (χ1) is 10.6. The van der Waals surface area contributed by atoms with Gasteiger partial charge in [0, 0.05) is 11.9 Å².